The van der Waals surface area contributed by atoms with Crippen LogP contribution in [0.2, 0.25) is 0 Å². The third-order valence-electron chi connectivity index (χ3n) is 0.967. The van der Waals surface area contributed by atoms with Gasteiger partial charge in [0.25, 0.3) is 0 Å². The Kier molecular flexibility index (Phi) is 1.58. The van der Waals surface area contributed by atoms with Crippen LogP contribution in [0, 0.1) is 10.1 Å². The van der Waals surface area contributed by atoms with Gasteiger partial charge in [0.05, 0.1) is 0 Å². The molecule has 0 aliphatic heterocycles. The first-order valence-corrected chi connectivity index (χ1v) is 2.50. The molecule has 0 aromatic carbocycles. The molecule has 3 nitrogen and oxygen atoms in total. The van der Waals surface area contributed by atoms with Crippen molar-refractivity contribution in [1.82, 2.24) is 0 Å². The predicted octanol–water partition coefficient (Wildman–Crippen LogP) is 0.933. The number of nitro groups is 1. The Hall–Kier alpha value is -1.19. The van der Waals surface area contributed by atoms with Crippen LogP contribution in [0.1, 0.15) is 0 Å². The van der Waals surface area contributed by atoms with Gasteiger partial charge in [-0.25, -0.2) is 0 Å². The fourth-order valence-electron chi connectivity index (χ4n) is 0.550. The number of hydrogen-bond acceptors (Lipinski definition) is 2. The first kappa shape index (κ1) is 5.94. The SMILES string of the molecule is O=[N+]([O-])c1bcccc1. The van der Waals surface area contributed by atoms with Crippen LogP contribution >= 0.6 is 0 Å². The fourth-order valence-corrected chi connectivity index (χ4v) is 0.550. The summed E-state index contributed by atoms with van der Waals surface area (Å²) in [5.74, 6) is 1.64. The van der Waals surface area contributed by atoms with Gasteiger partial charge in [-0.15, -0.1) is 0 Å². The maximum absolute atomic E-state index is 10.0. The van der Waals surface area contributed by atoms with Crippen LogP contribution in [0.5, 0.6) is 0 Å². The molecule has 1 rings (SSSR count). The van der Waals surface area contributed by atoms with Crippen molar-refractivity contribution in [3.05, 3.63) is 34.3 Å². The van der Waals surface area contributed by atoms with E-state index in [1.165, 1.54) is 13.0 Å². The Morgan fingerprint density at radius 1 is 1.56 bits per heavy atom. The zero-order valence-corrected chi connectivity index (χ0v) is 4.65. The van der Waals surface area contributed by atoms with Crippen molar-refractivity contribution in [3.63, 3.8) is 0 Å². The van der Waals surface area contributed by atoms with E-state index in [2.05, 4.69) is 0 Å². The number of nitrogens with zero attached hydrogens (tertiary/aromatic N) is 1. The molecule has 0 N–H and O–H groups in total. The second-order valence-electron chi connectivity index (χ2n) is 1.59. The zero-order valence-electron chi connectivity index (χ0n) is 4.65. The summed E-state index contributed by atoms with van der Waals surface area (Å²) < 4.78 is 0. The summed E-state index contributed by atoms with van der Waals surface area (Å²) >= 11 is 0. The minimum atomic E-state index is -0.417. The Bertz CT molecular complexity index is 211. The van der Waals surface area contributed by atoms with Crippen molar-refractivity contribution in [2.24, 2.45) is 0 Å². The van der Waals surface area contributed by atoms with Gasteiger partial charge in [-0.1, -0.05) is 0 Å². The summed E-state index contributed by atoms with van der Waals surface area (Å²) in [4.78, 5) is 9.59. The molecule has 1 heterocycles. The summed E-state index contributed by atoms with van der Waals surface area (Å²) in [6.07, 6.45) is 0. The molecule has 0 bridgehead atoms. The molecule has 0 radical (unpaired) electrons. The molecule has 0 fully saturated rings. The monoisotopic (exact) mass is 121 g/mol. The fraction of sp³-hybridized carbons (Fsp3) is 0. The molecule has 1 aromatic rings. The van der Waals surface area contributed by atoms with Gasteiger partial charge in [0, 0.05) is 0 Å². The Balaban J connectivity index is 2.98. The van der Waals surface area contributed by atoms with Gasteiger partial charge < -0.3 is 0 Å². The van der Waals surface area contributed by atoms with E-state index in [4.69, 9.17) is 0 Å². The van der Waals surface area contributed by atoms with E-state index in [-0.39, 0.29) is 5.58 Å². The normalized spacial score (nSPS) is 8.44. The van der Waals surface area contributed by atoms with Crippen molar-refractivity contribution in [2.45, 2.75) is 0 Å². The molecule has 0 saturated carbocycles. The zero-order chi connectivity index (χ0) is 6.69. The molecular weight excluding hydrogens is 117 g/mol. The van der Waals surface area contributed by atoms with Gasteiger partial charge in [-0.05, 0) is 0 Å². The van der Waals surface area contributed by atoms with E-state index < -0.39 is 4.92 Å². The molecule has 1 aromatic heterocycles. The Morgan fingerprint density at radius 3 is 2.67 bits per heavy atom. The first-order chi connectivity index (χ1) is 4.30. The van der Waals surface area contributed by atoms with Gasteiger partial charge >= 0.3 is 51.7 Å². The van der Waals surface area contributed by atoms with E-state index in [9.17, 15) is 10.1 Å². The molecule has 0 unspecified atom stereocenters. The van der Waals surface area contributed by atoms with E-state index >= 15 is 0 Å². The van der Waals surface area contributed by atoms with Crippen molar-refractivity contribution in [2.75, 3.05) is 0 Å². The van der Waals surface area contributed by atoms with Gasteiger partial charge in [0.15, 0.2) is 0 Å². The quantitative estimate of drug-likeness (QED) is 0.409. The van der Waals surface area contributed by atoms with Crippen molar-refractivity contribution < 1.29 is 4.92 Å². The third-order valence-corrected chi connectivity index (χ3v) is 0.967. The first-order valence-electron chi connectivity index (χ1n) is 2.50. The van der Waals surface area contributed by atoms with Crippen molar-refractivity contribution >= 4 is 12.5 Å². The van der Waals surface area contributed by atoms with E-state index in [1.807, 2.05) is 0 Å². The van der Waals surface area contributed by atoms with Crippen LogP contribution in [-0.4, -0.2) is 11.8 Å². The van der Waals surface area contributed by atoms with Crippen LogP contribution in [0.4, 0.5) is 5.58 Å². The van der Waals surface area contributed by atoms with Gasteiger partial charge in [0.2, 0.25) is 0 Å². The summed E-state index contributed by atoms with van der Waals surface area (Å²) in [7, 11) is 0. The number of hydrogen-bond donors (Lipinski definition) is 0. The predicted molar refractivity (Wildman–Crippen MR) is 34.4 cm³/mol. The maximum atomic E-state index is 10.0. The average Bonchev–Trinajstić information content (AvgIpc) is 1.90. The van der Waals surface area contributed by atoms with E-state index in [1.54, 1.807) is 18.1 Å². The molecule has 0 aliphatic carbocycles. The van der Waals surface area contributed by atoms with Crippen LogP contribution in [-0.2, 0) is 0 Å². The molecule has 9 heavy (non-hydrogen) atoms. The molecular formula is C5H4BNO2. The summed E-state index contributed by atoms with van der Waals surface area (Å²) in [5, 5.41) is 10.0. The molecule has 4 heteroatoms. The van der Waals surface area contributed by atoms with Crippen LogP contribution in [0.15, 0.2) is 24.2 Å². The second-order valence-corrected chi connectivity index (χ2v) is 1.59. The summed E-state index contributed by atoms with van der Waals surface area (Å²) in [5.41, 5.74) is 0.137. The molecule has 0 saturated heterocycles. The molecule has 0 amide bonds. The van der Waals surface area contributed by atoms with Gasteiger partial charge in [-0.2, -0.15) is 0 Å². The number of rotatable bonds is 1. The van der Waals surface area contributed by atoms with Gasteiger partial charge in [-0.3, -0.25) is 0 Å². The summed E-state index contributed by atoms with van der Waals surface area (Å²) in [6.45, 7) is 1.46. The molecule has 0 atom stereocenters. The van der Waals surface area contributed by atoms with Crippen molar-refractivity contribution in [3.8, 4) is 0 Å². The summed E-state index contributed by atoms with van der Waals surface area (Å²) in [6, 6.07) is 4.84. The molecule has 44 valence electrons. The third kappa shape index (κ3) is 1.35. The van der Waals surface area contributed by atoms with Crippen molar-refractivity contribution in [1.29, 1.82) is 0 Å². The topological polar surface area (TPSA) is 43.1 Å². The molecule has 0 spiro atoms. The Labute approximate surface area is 52.7 Å². The Morgan fingerprint density at radius 2 is 2.33 bits per heavy atom. The molecule has 0 aliphatic rings. The van der Waals surface area contributed by atoms with Gasteiger partial charge in [0.1, 0.15) is 0 Å². The van der Waals surface area contributed by atoms with Crippen LogP contribution in [0.25, 0.3) is 0 Å². The van der Waals surface area contributed by atoms with E-state index in [0.29, 0.717) is 0 Å². The van der Waals surface area contributed by atoms with Crippen LogP contribution < -0.4 is 0 Å². The average molecular weight is 121 g/mol. The standard InChI is InChI=1S/C5H4BNO2/c8-7(9)5-3-1-2-4-6-5/h1-4H. The minimum absolute atomic E-state index is 0.137. The van der Waals surface area contributed by atoms with E-state index in [0.717, 1.165) is 0 Å². The second kappa shape index (κ2) is 2.39. The van der Waals surface area contributed by atoms with Crippen LogP contribution in [0.3, 0.4) is 0 Å².